The van der Waals surface area contributed by atoms with E-state index >= 15 is 0 Å². The van der Waals surface area contributed by atoms with Gasteiger partial charge in [0.05, 0.1) is 10.9 Å². The van der Waals surface area contributed by atoms with Crippen LogP contribution in [0.25, 0.3) is 11.4 Å². The van der Waals surface area contributed by atoms with E-state index in [0.717, 1.165) is 37.1 Å². The lowest BCUT2D eigenvalue weighted by atomic mass is 9.84. The zero-order chi connectivity index (χ0) is 19.6. The van der Waals surface area contributed by atoms with Crippen LogP contribution in [0.3, 0.4) is 0 Å². The first kappa shape index (κ1) is 19.5. The molecule has 0 spiro atoms. The first-order valence-electron chi connectivity index (χ1n) is 10.1. The molecule has 0 bridgehead atoms. The number of hydrogen-bond acceptors (Lipinski definition) is 6. The van der Waals surface area contributed by atoms with Crippen LogP contribution in [0.4, 0.5) is 0 Å². The quantitative estimate of drug-likeness (QED) is 0.763. The molecular formula is C19H28N6O2S. The van der Waals surface area contributed by atoms with Crippen molar-refractivity contribution in [3.8, 4) is 11.4 Å². The van der Waals surface area contributed by atoms with Crippen molar-refractivity contribution in [2.24, 2.45) is 5.92 Å². The molecule has 2 aromatic rings. The minimum absolute atomic E-state index is 0.201. The van der Waals surface area contributed by atoms with Crippen LogP contribution in [0.1, 0.15) is 50.1 Å². The number of hydrogen-bond donors (Lipinski definition) is 2. The van der Waals surface area contributed by atoms with E-state index in [-0.39, 0.29) is 10.9 Å². The summed E-state index contributed by atoms with van der Waals surface area (Å²) in [5, 5.41) is 16.4. The maximum atomic E-state index is 12.3. The van der Waals surface area contributed by atoms with Gasteiger partial charge in [0.2, 0.25) is 15.8 Å². The van der Waals surface area contributed by atoms with Gasteiger partial charge in [-0.15, -0.1) is 10.2 Å². The van der Waals surface area contributed by atoms with Crippen LogP contribution >= 0.6 is 0 Å². The predicted molar refractivity (Wildman–Crippen MR) is 106 cm³/mol. The van der Waals surface area contributed by atoms with Gasteiger partial charge >= 0.3 is 0 Å². The number of nitrogens with one attached hydrogen (secondary N) is 2. The molecule has 9 heteroatoms. The molecule has 0 radical (unpaired) electrons. The summed E-state index contributed by atoms with van der Waals surface area (Å²) in [4.78, 5) is 1.90. The molecule has 1 aromatic carbocycles. The fourth-order valence-electron chi connectivity index (χ4n) is 4.25. The van der Waals surface area contributed by atoms with E-state index in [1.807, 2.05) is 6.07 Å². The first-order chi connectivity index (χ1) is 13.6. The van der Waals surface area contributed by atoms with Gasteiger partial charge in [0, 0.05) is 12.1 Å². The fourth-order valence-corrected chi connectivity index (χ4v) is 5.01. The Balaban J connectivity index is 1.69. The van der Waals surface area contributed by atoms with Gasteiger partial charge in [-0.1, -0.05) is 38.2 Å². The van der Waals surface area contributed by atoms with E-state index in [4.69, 9.17) is 0 Å². The highest BCUT2D eigenvalue weighted by molar-refractivity contribution is 7.89. The van der Waals surface area contributed by atoms with E-state index in [1.165, 1.54) is 39.2 Å². The van der Waals surface area contributed by atoms with E-state index in [9.17, 15) is 8.42 Å². The molecule has 28 heavy (non-hydrogen) atoms. The summed E-state index contributed by atoms with van der Waals surface area (Å²) >= 11 is 0. The molecule has 2 N–H and O–H groups in total. The Kier molecular flexibility index (Phi) is 5.75. The van der Waals surface area contributed by atoms with Crippen molar-refractivity contribution in [3.63, 3.8) is 0 Å². The first-order valence-corrected chi connectivity index (χ1v) is 11.6. The van der Waals surface area contributed by atoms with Crippen molar-refractivity contribution in [2.75, 3.05) is 20.1 Å². The smallest absolute Gasteiger partial charge is 0.240 e. The van der Waals surface area contributed by atoms with Crippen LogP contribution in [0.15, 0.2) is 23.1 Å². The van der Waals surface area contributed by atoms with E-state index in [0.29, 0.717) is 11.7 Å². The molecule has 1 aromatic heterocycles. The van der Waals surface area contributed by atoms with Gasteiger partial charge in [-0.25, -0.2) is 13.1 Å². The minimum atomic E-state index is -3.53. The summed E-state index contributed by atoms with van der Waals surface area (Å²) in [6.07, 6.45) is 8.21. The van der Waals surface area contributed by atoms with Crippen LogP contribution in [0.5, 0.6) is 0 Å². The van der Waals surface area contributed by atoms with Crippen LogP contribution in [-0.2, 0) is 16.4 Å². The van der Waals surface area contributed by atoms with Crippen molar-refractivity contribution >= 4 is 10.0 Å². The summed E-state index contributed by atoms with van der Waals surface area (Å²) in [5.74, 6) is 1.14. The average molecular weight is 405 g/mol. The molecule has 2 fully saturated rings. The van der Waals surface area contributed by atoms with Crippen molar-refractivity contribution in [3.05, 3.63) is 23.8 Å². The van der Waals surface area contributed by atoms with Crippen LogP contribution < -0.4 is 10.0 Å². The van der Waals surface area contributed by atoms with Crippen molar-refractivity contribution in [1.29, 1.82) is 0 Å². The highest BCUT2D eigenvalue weighted by atomic mass is 32.2. The lowest BCUT2D eigenvalue weighted by Gasteiger charge is -2.22. The van der Waals surface area contributed by atoms with Gasteiger partial charge < -0.3 is 5.32 Å². The highest BCUT2D eigenvalue weighted by Gasteiger charge is 2.23. The SMILES string of the molecule is CNS(=O)(=O)c1ccc(CC2CCCCC2)c(-c2nnn(C3CCNC3)n2)c1. The molecule has 2 heterocycles. The molecule has 1 saturated heterocycles. The van der Waals surface area contributed by atoms with Crippen molar-refractivity contribution in [1.82, 2.24) is 30.2 Å². The molecule has 1 saturated carbocycles. The second-order valence-electron chi connectivity index (χ2n) is 7.81. The third-order valence-electron chi connectivity index (χ3n) is 5.92. The fraction of sp³-hybridized carbons (Fsp3) is 0.632. The molecule has 2 aliphatic rings. The summed E-state index contributed by atoms with van der Waals surface area (Å²) in [5.41, 5.74) is 1.88. The molecular weight excluding hydrogens is 376 g/mol. The van der Waals surface area contributed by atoms with Gasteiger partial charge in [-0.3, -0.25) is 0 Å². The monoisotopic (exact) mass is 404 g/mol. The standard InChI is InChI=1S/C19H28N6O2S/c1-20-28(26,27)17-8-7-15(11-14-5-3-2-4-6-14)18(12-17)19-22-24-25(23-19)16-9-10-21-13-16/h7-8,12,14,16,20-21H,2-6,9-11,13H2,1H3. The molecule has 1 unspecified atom stereocenters. The third kappa shape index (κ3) is 4.11. The van der Waals surface area contributed by atoms with Gasteiger partial charge in [-0.05, 0) is 55.3 Å². The second-order valence-corrected chi connectivity index (χ2v) is 9.70. The Hall–Kier alpha value is -1.84. The summed E-state index contributed by atoms with van der Waals surface area (Å²) in [6, 6.07) is 5.50. The van der Waals surface area contributed by atoms with Crippen molar-refractivity contribution in [2.45, 2.75) is 55.9 Å². The van der Waals surface area contributed by atoms with Gasteiger partial charge in [0.25, 0.3) is 0 Å². The Labute approximate surface area is 166 Å². The number of tetrazole rings is 1. The second kappa shape index (κ2) is 8.26. The van der Waals surface area contributed by atoms with Gasteiger partial charge in [0.1, 0.15) is 0 Å². The lowest BCUT2D eigenvalue weighted by molar-refractivity contribution is 0.357. The summed E-state index contributed by atoms with van der Waals surface area (Å²) in [7, 11) is -2.11. The number of rotatable bonds is 6. The Bertz CT molecular complexity index is 914. The summed E-state index contributed by atoms with van der Waals surface area (Å²) < 4.78 is 27.0. The molecule has 1 aliphatic heterocycles. The molecule has 4 rings (SSSR count). The number of aromatic nitrogens is 4. The molecule has 1 aliphatic carbocycles. The zero-order valence-electron chi connectivity index (χ0n) is 16.3. The van der Waals surface area contributed by atoms with Gasteiger partial charge in [0.15, 0.2) is 0 Å². The van der Waals surface area contributed by atoms with E-state index in [1.54, 1.807) is 16.9 Å². The number of nitrogens with zero attached hydrogens (tertiary/aromatic N) is 4. The van der Waals surface area contributed by atoms with Crippen LogP contribution in [-0.4, -0.2) is 48.8 Å². The molecule has 8 nitrogen and oxygen atoms in total. The molecule has 152 valence electrons. The van der Waals surface area contributed by atoms with Gasteiger partial charge in [-0.2, -0.15) is 4.80 Å². The third-order valence-corrected chi connectivity index (χ3v) is 7.34. The zero-order valence-corrected chi connectivity index (χ0v) is 17.1. The maximum absolute atomic E-state index is 12.3. The average Bonchev–Trinajstić information content (AvgIpc) is 3.41. The normalized spacial score (nSPS) is 21.2. The Morgan fingerprint density at radius 1 is 1.21 bits per heavy atom. The molecule has 1 atom stereocenters. The predicted octanol–water partition coefficient (Wildman–Crippen LogP) is 1.91. The van der Waals surface area contributed by atoms with E-state index < -0.39 is 10.0 Å². The lowest BCUT2D eigenvalue weighted by Crippen LogP contribution is -2.19. The maximum Gasteiger partial charge on any atom is 0.240 e. The Morgan fingerprint density at radius 2 is 2.04 bits per heavy atom. The number of benzene rings is 1. The van der Waals surface area contributed by atoms with E-state index in [2.05, 4.69) is 25.4 Å². The van der Waals surface area contributed by atoms with Crippen LogP contribution in [0.2, 0.25) is 0 Å². The van der Waals surface area contributed by atoms with Crippen LogP contribution in [0, 0.1) is 5.92 Å². The Morgan fingerprint density at radius 3 is 2.75 bits per heavy atom. The topological polar surface area (TPSA) is 102 Å². The van der Waals surface area contributed by atoms with Crippen molar-refractivity contribution < 1.29 is 8.42 Å². The summed E-state index contributed by atoms with van der Waals surface area (Å²) in [6.45, 7) is 1.78. The minimum Gasteiger partial charge on any atom is -0.314 e. The largest absolute Gasteiger partial charge is 0.314 e. The molecule has 0 amide bonds. The number of sulfonamides is 1. The highest BCUT2D eigenvalue weighted by Crippen LogP contribution is 2.31.